The fraction of sp³-hybridized carbons (Fsp3) is 0.385. The largest absolute Gasteiger partial charge is 0.352 e. The Bertz CT molecular complexity index is 446. The molecule has 0 atom stereocenters. The van der Waals surface area contributed by atoms with Gasteiger partial charge in [-0.1, -0.05) is 18.2 Å². The number of rotatable bonds is 5. The average molecular weight is 229 g/mol. The number of carbonyl (C=O) groups is 1. The maximum absolute atomic E-state index is 11.4. The average Bonchev–Trinajstić information content (AvgIpc) is 3.13. The van der Waals surface area contributed by atoms with Crippen molar-refractivity contribution in [1.29, 1.82) is 5.26 Å². The zero-order valence-electron chi connectivity index (χ0n) is 9.57. The van der Waals surface area contributed by atoms with Crippen LogP contribution in [0.15, 0.2) is 24.3 Å². The molecule has 1 aliphatic rings. The highest BCUT2D eigenvalue weighted by atomic mass is 16.2. The Hall–Kier alpha value is -1.86. The first-order valence-corrected chi connectivity index (χ1v) is 5.77. The molecule has 0 aromatic heterocycles. The number of benzene rings is 1. The number of nitrogens with one attached hydrogen (secondary N) is 2. The lowest BCUT2D eigenvalue weighted by Gasteiger charge is -2.06. The molecule has 1 aliphatic carbocycles. The fourth-order valence-electron chi connectivity index (χ4n) is 1.60. The molecular formula is C13H15N3O. The van der Waals surface area contributed by atoms with Crippen molar-refractivity contribution in [3.8, 4) is 6.07 Å². The fourth-order valence-corrected chi connectivity index (χ4v) is 1.60. The Morgan fingerprint density at radius 1 is 1.41 bits per heavy atom. The molecule has 1 aromatic rings. The van der Waals surface area contributed by atoms with Crippen LogP contribution in [0.1, 0.15) is 24.0 Å². The maximum Gasteiger partial charge on any atom is 0.234 e. The Kier molecular flexibility index (Phi) is 3.73. The van der Waals surface area contributed by atoms with Crippen molar-refractivity contribution in [3.05, 3.63) is 35.4 Å². The van der Waals surface area contributed by atoms with Crippen molar-refractivity contribution < 1.29 is 4.79 Å². The Balaban J connectivity index is 1.77. The summed E-state index contributed by atoms with van der Waals surface area (Å²) in [4.78, 5) is 11.4. The van der Waals surface area contributed by atoms with Crippen molar-refractivity contribution in [1.82, 2.24) is 10.6 Å². The molecule has 17 heavy (non-hydrogen) atoms. The summed E-state index contributed by atoms with van der Waals surface area (Å²) in [6.07, 6.45) is 2.20. The monoisotopic (exact) mass is 229 g/mol. The number of hydrogen-bond acceptors (Lipinski definition) is 3. The first-order valence-electron chi connectivity index (χ1n) is 5.77. The van der Waals surface area contributed by atoms with Gasteiger partial charge in [0.25, 0.3) is 0 Å². The van der Waals surface area contributed by atoms with Gasteiger partial charge in [-0.25, -0.2) is 0 Å². The van der Waals surface area contributed by atoms with Crippen molar-refractivity contribution in [3.63, 3.8) is 0 Å². The zero-order chi connectivity index (χ0) is 12.1. The molecule has 4 nitrogen and oxygen atoms in total. The van der Waals surface area contributed by atoms with Gasteiger partial charge in [0.15, 0.2) is 0 Å². The third kappa shape index (κ3) is 3.58. The molecule has 88 valence electrons. The van der Waals surface area contributed by atoms with Crippen LogP contribution in [0, 0.1) is 11.3 Å². The Morgan fingerprint density at radius 3 is 2.88 bits per heavy atom. The number of carbonyl (C=O) groups excluding carboxylic acids is 1. The van der Waals surface area contributed by atoms with E-state index in [0.717, 1.165) is 18.4 Å². The van der Waals surface area contributed by atoms with Gasteiger partial charge in [0.2, 0.25) is 5.91 Å². The summed E-state index contributed by atoms with van der Waals surface area (Å²) in [5.41, 5.74) is 1.58. The van der Waals surface area contributed by atoms with Gasteiger partial charge in [0.1, 0.15) is 0 Å². The minimum atomic E-state index is 0.0296. The maximum atomic E-state index is 11.4. The minimum absolute atomic E-state index is 0.0296. The lowest BCUT2D eigenvalue weighted by atomic mass is 10.1. The van der Waals surface area contributed by atoms with Crippen LogP contribution >= 0.6 is 0 Å². The van der Waals surface area contributed by atoms with Gasteiger partial charge in [-0.3, -0.25) is 4.79 Å². The lowest BCUT2D eigenvalue weighted by Crippen LogP contribution is -2.34. The summed E-state index contributed by atoms with van der Waals surface area (Å²) in [7, 11) is 0. The van der Waals surface area contributed by atoms with Gasteiger partial charge in [0, 0.05) is 12.6 Å². The van der Waals surface area contributed by atoms with Crippen molar-refractivity contribution >= 4 is 5.91 Å². The summed E-state index contributed by atoms with van der Waals surface area (Å²) >= 11 is 0. The molecule has 0 heterocycles. The number of hydrogen-bond donors (Lipinski definition) is 2. The molecule has 1 amide bonds. The third-order valence-corrected chi connectivity index (χ3v) is 2.68. The third-order valence-electron chi connectivity index (χ3n) is 2.68. The molecular weight excluding hydrogens is 214 g/mol. The Morgan fingerprint density at radius 2 is 2.18 bits per heavy atom. The molecule has 0 unspecified atom stereocenters. The smallest absolute Gasteiger partial charge is 0.234 e. The molecule has 0 saturated heterocycles. The summed E-state index contributed by atoms with van der Waals surface area (Å²) in [6.45, 7) is 0.845. The van der Waals surface area contributed by atoms with Crippen LogP contribution in [-0.4, -0.2) is 18.5 Å². The predicted molar refractivity (Wildman–Crippen MR) is 64.0 cm³/mol. The van der Waals surface area contributed by atoms with E-state index < -0.39 is 0 Å². The topological polar surface area (TPSA) is 64.9 Å². The van der Waals surface area contributed by atoms with E-state index in [1.807, 2.05) is 18.2 Å². The molecule has 4 heteroatoms. The van der Waals surface area contributed by atoms with Crippen LogP contribution in [0.2, 0.25) is 0 Å². The van der Waals surface area contributed by atoms with Gasteiger partial charge >= 0.3 is 0 Å². The van der Waals surface area contributed by atoms with Gasteiger partial charge in [-0.2, -0.15) is 5.26 Å². The van der Waals surface area contributed by atoms with Crippen LogP contribution in [0.3, 0.4) is 0 Å². The van der Waals surface area contributed by atoms with E-state index in [2.05, 4.69) is 16.7 Å². The summed E-state index contributed by atoms with van der Waals surface area (Å²) < 4.78 is 0. The van der Waals surface area contributed by atoms with E-state index in [-0.39, 0.29) is 5.91 Å². The van der Waals surface area contributed by atoms with Gasteiger partial charge in [-0.05, 0) is 24.5 Å². The van der Waals surface area contributed by atoms with Crippen LogP contribution in [0.25, 0.3) is 0 Å². The summed E-state index contributed by atoms with van der Waals surface area (Å²) in [5.74, 6) is 0.0296. The van der Waals surface area contributed by atoms with E-state index in [4.69, 9.17) is 5.26 Å². The van der Waals surface area contributed by atoms with Gasteiger partial charge in [-0.15, -0.1) is 0 Å². The molecule has 1 aromatic carbocycles. The second-order valence-corrected chi connectivity index (χ2v) is 4.21. The molecule has 2 rings (SSSR count). The van der Waals surface area contributed by atoms with Crippen LogP contribution in [0.5, 0.6) is 0 Å². The molecule has 0 radical (unpaired) electrons. The highest BCUT2D eigenvalue weighted by Gasteiger charge is 2.22. The number of amides is 1. The number of nitrogens with zero attached hydrogens (tertiary/aromatic N) is 1. The predicted octanol–water partition coefficient (Wildman–Crippen LogP) is 0.926. The molecule has 0 spiro atoms. The normalized spacial score (nSPS) is 14.1. The van der Waals surface area contributed by atoms with Crippen LogP contribution in [-0.2, 0) is 11.3 Å². The number of nitriles is 1. The first-order chi connectivity index (χ1) is 8.29. The second kappa shape index (κ2) is 5.46. The van der Waals surface area contributed by atoms with E-state index in [9.17, 15) is 4.79 Å². The van der Waals surface area contributed by atoms with Crippen molar-refractivity contribution in [2.24, 2.45) is 0 Å². The quantitative estimate of drug-likeness (QED) is 0.789. The molecule has 0 bridgehead atoms. The standard InChI is InChI=1S/C13H15N3O/c14-7-10-3-1-2-4-11(10)8-15-9-13(17)16-12-5-6-12/h1-4,12,15H,5-6,8-9H2,(H,16,17). The van der Waals surface area contributed by atoms with Gasteiger partial charge < -0.3 is 10.6 Å². The van der Waals surface area contributed by atoms with Gasteiger partial charge in [0.05, 0.1) is 18.2 Å². The molecule has 1 saturated carbocycles. The van der Waals surface area contributed by atoms with Crippen LogP contribution in [0.4, 0.5) is 0 Å². The lowest BCUT2D eigenvalue weighted by molar-refractivity contribution is -0.120. The van der Waals surface area contributed by atoms with E-state index in [1.54, 1.807) is 6.07 Å². The SMILES string of the molecule is N#Cc1ccccc1CNCC(=O)NC1CC1. The van der Waals surface area contributed by atoms with E-state index in [0.29, 0.717) is 24.7 Å². The summed E-state index contributed by atoms with van der Waals surface area (Å²) in [5, 5.41) is 14.8. The molecule has 2 N–H and O–H groups in total. The highest BCUT2D eigenvalue weighted by molar-refractivity contribution is 5.78. The van der Waals surface area contributed by atoms with Crippen LogP contribution < -0.4 is 10.6 Å². The van der Waals surface area contributed by atoms with Crippen molar-refractivity contribution in [2.45, 2.75) is 25.4 Å². The van der Waals surface area contributed by atoms with Crippen molar-refractivity contribution in [2.75, 3.05) is 6.54 Å². The highest BCUT2D eigenvalue weighted by Crippen LogP contribution is 2.18. The van der Waals surface area contributed by atoms with E-state index >= 15 is 0 Å². The molecule has 1 fully saturated rings. The zero-order valence-corrected chi connectivity index (χ0v) is 9.57. The first kappa shape index (κ1) is 11.6. The second-order valence-electron chi connectivity index (χ2n) is 4.21. The van der Waals surface area contributed by atoms with E-state index in [1.165, 1.54) is 0 Å². The molecule has 0 aliphatic heterocycles. The Labute approximate surface area is 101 Å². The summed E-state index contributed by atoms with van der Waals surface area (Å²) in [6, 6.07) is 9.93. The minimum Gasteiger partial charge on any atom is -0.352 e.